The number of hydrogen-bond donors (Lipinski definition) is 2. The largest absolute Gasteiger partial charge is 0.344 e. The van der Waals surface area contributed by atoms with Gasteiger partial charge in [-0.1, -0.05) is 174 Å². The molecule has 4 aromatic rings. The van der Waals surface area contributed by atoms with Crippen molar-refractivity contribution < 1.29 is 35.1 Å². The van der Waals surface area contributed by atoms with Crippen molar-refractivity contribution in [1.82, 2.24) is 0 Å². The lowest BCUT2D eigenvalue weighted by atomic mass is 9.81. The molecule has 4 heterocycles. The fraction of sp³-hybridized carbons (Fsp3) is 0.462. The number of nitrogens with zero attached hydrogens (tertiary/aromatic N) is 4. The topological polar surface area (TPSA) is 121 Å². The number of anilines is 2. The summed E-state index contributed by atoms with van der Waals surface area (Å²) >= 11 is 14.8. The van der Waals surface area contributed by atoms with Gasteiger partial charge >= 0.3 is 0 Å². The number of unbranched alkanes of at least 4 members (excludes halogenated alkanes) is 9. The average Bonchev–Trinajstić information content (AvgIpc) is 1.63. The Bertz CT molecular complexity index is 3740. The average molecular weight is 1320 g/mol. The van der Waals surface area contributed by atoms with Crippen molar-refractivity contribution in [3.8, 4) is 0 Å². The normalized spacial score (nSPS) is 21.0. The van der Waals surface area contributed by atoms with Gasteiger partial charge in [0.2, 0.25) is 11.4 Å². The molecule has 0 saturated heterocycles. The van der Waals surface area contributed by atoms with E-state index in [9.17, 15) is 25.9 Å². The number of allylic oxidation sites excluding steroid dienone is 16. The quantitative estimate of drug-likeness (QED) is 0.0344. The third kappa shape index (κ3) is 15.3. The van der Waals surface area contributed by atoms with Crippen LogP contribution >= 0.6 is 23.2 Å². The van der Waals surface area contributed by atoms with Crippen molar-refractivity contribution in [3.05, 3.63) is 212 Å². The van der Waals surface area contributed by atoms with E-state index < -0.39 is 20.2 Å². The lowest BCUT2D eigenvalue weighted by molar-refractivity contribution is -0.438. The van der Waals surface area contributed by atoms with Crippen molar-refractivity contribution in [2.45, 2.75) is 193 Å². The number of benzene rings is 4. The molecule has 2 aliphatic carbocycles. The van der Waals surface area contributed by atoms with Crippen molar-refractivity contribution in [1.29, 1.82) is 0 Å². The van der Waals surface area contributed by atoms with Crippen LogP contribution in [0.25, 0.3) is 0 Å². The summed E-state index contributed by atoms with van der Waals surface area (Å²) < 4.78 is 70.0. The van der Waals surface area contributed by atoms with Crippen LogP contribution in [-0.4, -0.2) is 84.2 Å². The van der Waals surface area contributed by atoms with Gasteiger partial charge in [-0.3, -0.25) is 9.11 Å². The first-order valence-electron chi connectivity index (χ1n) is 33.9. The summed E-state index contributed by atoms with van der Waals surface area (Å²) in [6.07, 6.45) is 35.4. The second kappa shape index (κ2) is 29.0. The Morgan fingerprint density at radius 1 is 0.424 bits per heavy atom. The molecule has 4 aliphatic heterocycles. The molecule has 10 rings (SSSR count). The number of fused-ring (bicyclic) bond motifs is 4. The second-order valence-electron chi connectivity index (χ2n) is 28.3. The molecule has 92 heavy (non-hydrogen) atoms. The lowest BCUT2D eigenvalue weighted by Crippen LogP contribution is -2.28. The summed E-state index contributed by atoms with van der Waals surface area (Å²) in [6.45, 7) is 21.6. The molecule has 0 aromatic heterocycles. The Morgan fingerprint density at radius 3 is 1.15 bits per heavy atom. The minimum atomic E-state index is -4.01. The molecule has 490 valence electrons. The van der Waals surface area contributed by atoms with Crippen LogP contribution in [-0.2, 0) is 41.9 Å². The monoisotopic (exact) mass is 1320 g/mol. The van der Waals surface area contributed by atoms with Gasteiger partial charge in [-0.15, -0.1) is 0 Å². The van der Waals surface area contributed by atoms with Gasteiger partial charge in [0.15, 0.2) is 11.4 Å². The van der Waals surface area contributed by atoms with Crippen molar-refractivity contribution in [2.75, 3.05) is 47.5 Å². The fourth-order valence-electron chi connectivity index (χ4n) is 15.4. The highest BCUT2D eigenvalue weighted by Gasteiger charge is 2.46. The molecule has 0 amide bonds. The SMILES string of the molecule is CC1(C)C(/C=C/C2=C(Cl)C(=C/C=C3/N(CCCCS(=O)(=O)O)c4ccccc4C3(C)C)/CCC2)=[N+](CCCCCCCCCC[N+]2=C(/C=C/C3=C(Cl)C(=C/C=C4/N(CCCCS(=O)(=O)O)c5ccccc5C4(C)C)/CCC3)C(C)(C)c3ccccc32)c2ccccc21. The molecule has 6 aliphatic rings. The van der Waals surface area contributed by atoms with Gasteiger partial charge in [-0.25, -0.2) is 0 Å². The Kier molecular flexibility index (Phi) is 21.8. The third-order valence-corrected chi connectivity index (χ3v) is 23.0. The maximum Gasteiger partial charge on any atom is 0.264 e. The molecule has 0 atom stereocenters. The maximum atomic E-state index is 11.5. The van der Waals surface area contributed by atoms with Gasteiger partial charge in [0.1, 0.15) is 13.1 Å². The zero-order valence-corrected chi connectivity index (χ0v) is 58.9. The van der Waals surface area contributed by atoms with Crippen LogP contribution in [0, 0.1) is 0 Å². The van der Waals surface area contributed by atoms with Gasteiger partial charge in [-0.05, 0) is 162 Å². The number of rotatable bonds is 27. The maximum absolute atomic E-state index is 11.5. The Hall–Kier alpha value is -5.86. The molecule has 4 aromatic carbocycles. The van der Waals surface area contributed by atoms with Crippen LogP contribution in [0.1, 0.15) is 193 Å². The van der Waals surface area contributed by atoms with Crippen LogP contribution in [0.15, 0.2) is 189 Å². The van der Waals surface area contributed by atoms with E-state index in [1.807, 2.05) is 0 Å². The summed E-state index contributed by atoms with van der Waals surface area (Å²) in [5.41, 5.74) is 18.8. The zero-order valence-electron chi connectivity index (χ0n) is 55.7. The molecule has 0 bridgehead atoms. The predicted molar refractivity (Wildman–Crippen MR) is 384 cm³/mol. The molecule has 14 heteroatoms. The number of halogens is 2. The van der Waals surface area contributed by atoms with E-state index in [0.29, 0.717) is 38.8 Å². The van der Waals surface area contributed by atoms with Crippen LogP contribution in [0.4, 0.5) is 22.7 Å². The van der Waals surface area contributed by atoms with Gasteiger partial charge < -0.3 is 9.80 Å². The van der Waals surface area contributed by atoms with E-state index in [-0.39, 0.29) is 33.2 Å². The Balaban J connectivity index is 0.754. The molecule has 0 fully saturated rings. The Morgan fingerprint density at radius 2 is 0.772 bits per heavy atom. The highest BCUT2D eigenvalue weighted by atomic mass is 35.5. The summed E-state index contributed by atoms with van der Waals surface area (Å²) in [5, 5.41) is 1.66. The minimum absolute atomic E-state index is 0.164. The first-order valence-corrected chi connectivity index (χ1v) is 37.9. The van der Waals surface area contributed by atoms with Gasteiger partial charge in [0.05, 0.1) is 22.3 Å². The zero-order chi connectivity index (χ0) is 65.6. The molecule has 0 spiro atoms. The molecule has 0 radical (unpaired) electrons. The summed E-state index contributed by atoms with van der Waals surface area (Å²) in [6, 6.07) is 34.7. The highest BCUT2D eigenvalue weighted by molar-refractivity contribution is 7.86. The standard InChI is InChI=1S/C78H96Cl2N4O6S2/c1-75(2)61-35-15-19-39-65(61)81(69(75)47-43-57-31-29-33-59(73(57)79)45-49-71-77(5,6)63-37-17-21-41-67(63)83(71)53-25-27-55-91(85,86)87)51-23-13-11-9-10-12-14-24-52-82-66-40-20-16-36-62(66)76(3,4)70(82)48-44-58-32-30-34-60(74(58)80)46-50-72-78(7,8)64-38-18-22-42-68(64)84(72)54-26-28-56-92(88,89)90/h15-22,35-50H,9-14,23-34,51-56H2,1-8H3/p+2. The smallest absolute Gasteiger partial charge is 0.264 e. The van der Waals surface area contributed by atoms with E-state index in [4.69, 9.17) is 23.2 Å². The molecular weight excluding hydrogens is 1220 g/mol. The van der Waals surface area contributed by atoms with Crippen molar-refractivity contribution >= 4 is 77.6 Å². The van der Waals surface area contributed by atoms with Crippen LogP contribution < -0.4 is 9.80 Å². The molecule has 0 unspecified atom stereocenters. The Labute approximate surface area is 560 Å². The van der Waals surface area contributed by atoms with E-state index in [0.717, 1.165) is 120 Å². The van der Waals surface area contributed by atoms with E-state index in [2.05, 4.69) is 220 Å². The van der Waals surface area contributed by atoms with Crippen molar-refractivity contribution in [2.24, 2.45) is 0 Å². The first-order chi connectivity index (χ1) is 43.8. The molecule has 2 N–H and O–H groups in total. The van der Waals surface area contributed by atoms with Gasteiger partial charge in [0, 0.05) is 105 Å². The third-order valence-electron chi connectivity index (χ3n) is 20.5. The first kappa shape index (κ1) is 69.0. The molecular formula is C78H98Cl2N4O6S2+2. The van der Waals surface area contributed by atoms with E-state index in [1.54, 1.807) is 0 Å². The van der Waals surface area contributed by atoms with Crippen LogP contribution in [0.3, 0.4) is 0 Å². The summed E-state index contributed by atoms with van der Waals surface area (Å²) in [5.74, 6) is -0.475. The van der Waals surface area contributed by atoms with E-state index >= 15 is 0 Å². The van der Waals surface area contributed by atoms with E-state index in [1.165, 1.54) is 83.6 Å². The second-order valence-corrected chi connectivity index (χ2v) is 32.2. The highest BCUT2D eigenvalue weighted by Crippen LogP contribution is 2.50. The fourth-order valence-corrected chi connectivity index (χ4v) is 17.1. The molecule has 10 nitrogen and oxygen atoms in total. The summed E-state index contributed by atoms with van der Waals surface area (Å²) in [7, 11) is -8.02. The number of para-hydroxylation sites is 4. The lowest BCUT2D eigenvalue weighted by Gasteiger charge is -2.27. The summed E-state index contributed by atoms with van der Waals surface area (Å²) in [4.78, 5) is 4.63. The predicted octanol–water partition coefficient (Wildman–Crippen LogP) is 19.3. The van der Waals surface area contributed by atoms with Gasteiger partial charge in [-0.2, -0.15) is 26.0 Å². The number of hydrogen-bond acceptors (Lipinski definition) is 6. The van der Waals surface area contributed by atoms with Crippen LogP contribution in [0.5, 0.6) is 0 Å². The minimum Gasteiger partial charge on any atom is -0.344 e. The van der Waals surface area contributed by atoms with Crippen molar-refractivity contribution in [3.63, 3.8) is 0 Å². The van der Waals surface area contributed by atoms with Crippen LogP contribution in [0.2, 0.25) is 0 Å². The van der Waals surface area contributed by atoms with Gasteiger partial charge in [0.25, 0.3) is 20.2 Å². The molecule has 0 saturated carbocycles.